The van der Waals surface area contributed by atoms with E-state index in [0.717, 1.165) is 6.07 Å². The van der Waals surface area contributed by atoms with Gasteiger partial charge in [-0.3, -0.25) is 9.59 Å². The highest BCUT2D eigenvalue weighted by atomic mass is 32.2. The molecule has 0 aliphatic carbocycles. The lowest BCUT2D eigenvalue weighted by molar-refractivity contribution is -0.137. The van der Waals surface area contributed by atoms with Gasteiger partial charge >= 0.3 is 5.97 Å². The fraction of sp³-hybridized carbons (Fsp3) is 0.385. The van der Waals surface area contributed by atoms with Crippen molar-refractivity contribution in [2.24, 2.45) is 5.14 Å². The van der Waals surface area contributed by atoms with E-state index in [4.69, 9.17) is 15.0 Å². The summed E-state index contributed by atoms with van der Waals surface area (Å²) >= 11 is 0. The first-order chi connectivity index (χ1) is 10.2. The molecule has 122 valence electrons. The predicted molar refractivity (Wildman–Crippen MR) is 78.2 cm³/mol. The quantitative estimate of drug-likeness (QED) is 0.739. The lowest BCUT2D eigenvalue weighted by atomic mass is 10.1. The van der Waals surface area contributed by atoms with Crippen molar-refractivity contribution in [2.45, 2.75) is 18.2 Å². The minimum Gasteiger partial charge on any atom is -0.496 e. The molecule has 1 amide bonds. The first-order valence-corrected chi connectivity index (χ1v) is 7.97. The summed E-state index contributed by atoms with van der Waals surface area (Å²) in [6.45, 7) is 1.97. The van der Waals surface area contributed by atoms with E-state index in [1.165, 1.54) is 24.1 Å². The van der Waals surface area contributed by atoms with Crippen molar-refractivity contribution in [1.29, 1.82) is 0 Å². The van der Waals surface area contributed by atoms with Crippen molar-refractivity contribution < 1.29 is 27.9 Å². The lowest BCUT2D eigenvalue weighted by Crippen LogP contribution is -2.33. The molecule has 0 radical (unpaired) electrons. The van der Waals surface area contributed by atoms with E-state index in [1.54, 1.807) is 6.92 Å². The largest absolute Gasteiger partial charge is 0.496 e. The summed E-state index contributed by atoms with van der Waals surface area (Å²) in [5.74, 6) is -1.37. The number of nitrogens with two attached hydrogens (primary N) is 1. The highest BCUT2D eigenvalue weighted by Crippen LogP contribution is 2.23. The number of carbonyl (C=O) groups is 2. The van der Waals surface area contributed by atoms with Gasteiger partial charge in [0.2, 0.25) is 10.0 Å². The van der Waals surface area contributed by atoms with E-state index in [9.17, 15) is 18.0 Å². The smallest absolute Gasteiger partial charge is 0.305 e. The van der Waals surface area contributed by atoms with Crippen LogP contribution in [0.2, 0.25) is 0 Å². The number of primary sulfonamides is 1. The summed E-state index contributed by atoms with van der Waals surface area (Å²) in [7, 11) is -2.62. The average molecular weight is 330 g/mol. The normalized spacial score (nSPS) is 11.0. The van der Waals surface area contributed by atoms with E-state index in [-0.39, 0.29) is 35.7 Å². The molecule has 9 heteroatoms. The van der Waals surface area contributed by atoms with Crippen LogP contribution in [0.1, 0.15) is 23.7 Å². The highest BCUT2D eigenvalue weighted by Gasteiger charge is 2.21. The maximum Gasteiger partial charge on any atom is 0.305 e. The number of carbonyl (C=O) groups excluding carboxylic acids is 1. The van der Waals surface area contributed by atoms with E-state index in [0.29, 0.717) is 0 Å². The molecule has 0 unspecified atom stereocenters. The van der Waals surface area contributed by atoms with Gasteiger partial charge in [0.05, 0.1) is 24.0 Å². The molecule has 0 atom stereocenters. The Morgan fingerprint density at radius 1 is 1.36 bits per heavy atom. The molecule has 0 aliphatic heterocycles. The molecule has 0 aromatic heterocycles. The Kier molecular flexibility index (Phi) is 5.89. The monoisotopic (exact) mass is 330 g/mol. The van der Waals surface area contributed by atoms with Crippen molar-refractivity contribution in [3.8, 4) is 5.75 Å². The number of carboxylic acid groups (broad SMARTS) is 1. The molecule has 1 rings (SSSR count). The van der Waals surface area contributed by atoms with Gasteiger partial charge in [0.1, 0.15) is 5.75 Å². The lowest BCUT2D eigenvalue weighted by Gasteiger charge is -2.21. The van der Waals surface area contributed by atoms with Crippen molar-refractivity contribution >= 4 is 21.9 Å². The van der Waals surface area contributed by atoms with Gasteiger partial charge in [-0.15, -0.1) is 0 Å². The number of hydrogen-bond donors (Lipinski definition) is 2. The van der Waals surface area contributed by atoms with Gasteiger partial charge < -0.3 is 14.7 Å². The Labute approximate surface area is 128 Å². The predicted octanol–water partition coefficient (Wildman–Crippen LogP) is 0.279. The Morgan fingerprint density at radius 3 is 2.45 bits per heavy atom. The molecule has 0 fully saturated rings. The minimum absolute atomic E-state index is 0.00736. The maximum atomic E-state index is 12.5. The minimum atomic E-state index is -3.96. The Bertz CT molecular complexity index is 671. The summed E-state index contributed by atoms with van der Waals surface area (Å²) in [6.07, 6.45) is -0.212. The molecule has 0 saturated carbocycles. The van der Waals surface area contributed by atoms with Crippen LogP contribution < -0.4 is 9.88 Å². The summed E-state index contributed by atoms with van der Waals surface area (Å²) in [5.41, 5.74) is 0.0151. The fourth-order valence-electron chi connectivity index (χ4n) is 1.84. The van der Waals surface area contributed by atoms with E-state index < -0.39 is 21.9 Å². The molecular formula is C13H18N2O6S. The second-order valence-corrected chi connectivity index (χ2v) is 6.00. The standard InChI is InChI=1S/C13H18N2O6S/c1-3-15(7-6-12(16)17)13(18)10-8-9(22(14,19)20)4-5-11(10)21-2/h4-5,8H,3,6-7H2,1-2H3,(H,16,17)(H2,14,19,20). The van der Waals surface area contributed by atoms with Gasteiger partial charge in [-0.2, -0.15) is 0 Å². The van der Waals surface area contributed by atoms with Gasteiger partial charge in [-0.05, 0) is 25.1 Å². The molecule has 0 saturated heterocycles. The number of ether oxygens (including phenoxy) is 1. The third kappa shape index (κ3) is 4.43. The van der Waals surface area contributed by atoms with E-state index in [2.05, 4.69) is 0 Å². The number of nitrogens with zero attached hydrogens (tertiary/aromatic N) is 1. The van der Waals surface area contributed by atoms with Crippen LogP contribution in [0.15, 0.2) is 23.1 Å². The summed E-state index contributed by atoms with van der Waals surface area (Å²) in [4.78, 5) is 24.2. The summed E-state index contributed by atoms with van der Waals surface area (Å²) in [6, 6.07) is 3.69. The zero-order valence-electron chi connectivity index (χ0n) is 12.3. The van der Waals surface area contributed by atoms with Gasteiger partial charge in [0.25, 0.3) is 5.91 Å². The van der Waals surface area contributed by atoms with Crippen LogP contribution in [0.4, 0.5) is 0 Å². The molecule has 0 spiro atoms. The molecule has 22 heavy (non-hydrogen) atoms. The topological polar surface area (TPSA) is 127 Å². The van der Waals surface area contributed by atoms with Crippen LogP contribution in [0, 0.1) is 0 Å². The molecule has 1 aromatic rings. The van der Waals surface area contributed by atoms with Gasteiger partial charge in [0, 0.05) is 13.1 Å². The molecular weight excluding hydrogens is 312 g/mol. The van der Waals surface area contributed by atoms with Crippen molar-refractivity contribution in [1.82, 2.24) is 4.90 Å². The highest BCUT2D eigenvalue weighted by molar-refractivity contribution is 7.89. The number of rotatable bonds is 7. The van der Waals surface area contributed by atoms with Crippen LogP contribution in [-0.2, 0) is 14.8 Å². The van der Waals surface area contributed by atoms with Crippen LogP contribution in [0.25, 0.3) is 0 Å². The zero-order valence-corrected chi connectivity index (χ0v) is 13.1. The van der Waals surface area contributed by atoms with Crippen molar-refractivity contribution in [3.63, 3.8) is 0 Å². The average Bonchev–Trinajstić information content (AvgIpc) is 2.45. The van der Waals surface area contributed by atoms with E-state index in [1.807, 2.05) is 0 Å². The maximum absolute atomic E-state index is 12.5. The van der Waals surface area contributed by atoms with Gasteiger partial charge in [0.15, 0.2) is 0 Å². The number of benzene rings is 1. The number of methoxy groups -OCH3 is 1. The number of amides is 1. The fourth-order valence-corrected chi connectivity index (χ4v) is 2.38. The third-order valence-corrected chi connectivity index (χ3v) is 3.91. The van der Waals surface area contributed by atoms with Crippen LogP contribution in [0.3, 0.4) is 0 Å². The Hall–Kier alpha value is -2.13. The molecule has 0 heterocycles. The van der Waals surface area contributed by atoms with Crippen LogP contribution in [0.5, 0.6) is 5.75 Å². The summed E-state index contributed by atoms with van der Waals surface area (Å²) in [5, 5.41) is 13.8. The van der Waals surface area contributed by atoms with Crippen molar-refractivity contribution in [3.05, 3.63) is 23.8 Å². The number of sulfonamides is 1. The van der Waals surface area contributed by atoms with Crippen LogP contribution >= 0.6 is 0 Å². The third-order valence-electron chi connectivity index (χ3n) is 2.99. The second kappa shape index (κ2) is 7.23. The Balaban J connectivity index is 3.21. The SMILES string of the molecule is CCN(CCC(=O)O)C(=O)c1cc(S(N)(=O)=O)ccc1OC. The van der Waals surface area contributed by atoms with Gasteiger partial charge in [-0.25, -0.2) is 13.6 Å². The number of hydrogen-bond acceptors (Lipinski definition) is 5. The first-order valence-electron chi connectivity index (χ1n) is 6.42. The first kappa shape index (κ1) is 17.9. The van der Waals surface area contributed by atoms with Gasteiger partial charge in [-0.1, -0.05) is 0 Å². The summed E-state index contributed by atoms with van der Waals surface area (Å²) < 4.78 is 27.8. The number of aliphatic carboxylic acids is 1. The molecule has 0 bridgehead atoms. The molecule has 3 N–H and O–H groups in total. The zero-order chi connectivity index (χ0) is 16.9. The van der Waals surface area contributed by atoms with Crippen LogP contribution in [-0.4, -0.2) is 50.5 Å². The molecule has 8 nitrogen and oxygen atoms in total. The Morgan fingerprint density at radius 2 is 2.00 bits per heavy atom. The molecule has 1 aromatic carbocycles. The molecule has 0 aliphatic rings. The number of carboxylic acids is 1. The van der Waals surface area contributed by atoms with Crippen molar-refractivity contribution in [2.75, 3.05) is 20.2 Å². The van der Waals surface area contributed by atoms with E-state index >= 15 is 0 Å². The second-order valence-electron chi connectivity index (χ2n) is 4.44.